The SMILES string of the molecule is N#Cc1cc(F)cc(NCC2CCCS2(=O)=O)c1. The molecule has 1 atom stereocenters. The van der Waals surface area contributed by atoms with E-state index < -0.39 is 20.9 Å². The van der Waals surface area contributed by atoms with Gasteiger partial charge in [-0.05, 0) is 31.0 Å². The van der Waals surface area contributed by atoms with Crippen molar-refractivity contribution in [2.24, 2.45) is 0 Å². The van der Waals surface area contributed by atoms with Gasteiger partial charge in [-0.15, -0.1) is 0 Å². The molecule has 1 aromatic rings. The van der Waals surface area contributed by atoms with Crippen LogP contribution in [0.25, 0.3) is 0 Å². The number of rotatable bonds is 3. The van der Waals surface area contributed by atoms with Gasteiger partial charge in [0.05, 0.1) is 22.6 Å². The third-order valence-electron chi connectivity index (χ3n) is 3.02. The summed E-state index contributed by atoms with van der Waals surface area (Å²) in [5.41, 5.74) is 0.653. The highest BCUT2D eigenvalue weighted by Gasteiger charge is 2.30. The molecule has 1 fully saturated rings. The second kappa shape index (κ2) is 4.94. The minimum atomic E-state index is -3.00. The number of hydrogen-bond acceptors (Lipinski definition) is 4. The number of sulfone groups is 1. The Morgan fingerprint density at radius 2 is 2.22 bits per heavy atom. The molecular weight excluding hydrogens is 255 g/mol. The topological polar surface area (TPSA) is 70.0 Å². The Balaban J connectivity index is 2.07. The normalized spacial score (nSPS) is 21.4. The third kappa shape index (κ3) is 2.79. The van der Waals surface area contributed by atoms with Gasteiger partial charge < -0.3 is 5.32 Å². The summed E-state index contributed by atoms with van der Waals surface area (Å²) >= 11 is 0. The van der Waals surface area contributed by atoms with E-state index in [9.17, 15) is 12.8 Å². The van der Waals surface area contributed by atoms with E-state index in [1.165, 1.54) is 12.1 Å². The van der Waals surface area contributed by atoms with Gasteiger partial charge in [0.15, 0.2) is 9.84 Å². The Morgan fingerprint density at radius 1 is 1.44 bits per heavy atom. The minimum Gasteiger partial charge on any atom is -0.384 e. The highest BCUT2D eigenvalue weighted by Crippen LogP contribution is 2.21. The van der Waals surface area contributed by atoms with E-state index in [4.69, 9.17) is 5.26 Å². The number of nitrogens with one attached hydrogen (secondary N) is 1. The van der Waals surface area contributed by atoms with Crippen LogP contribution < -0.4 is 5.32 Å². The maximum absolute atomic E-state index is 13.2. The van der Waals surface area contributed by atoms with Crippen molar-refractivity contribution in [3.8, 4) is 6.07 Å². The van der Waals surface area contributed by atoms with Crippen molar-refractivity contribution >= 4 is 15.5 Å². The molecule has 18 heavy (non-hydrogen) atoms. The highest BCUT2D eigenvalue weighted by molar-refractivity contribution is 7.92. The summed E-state index contributed by atoms with van der Waals surface area (Å²) in [6.45, 7) is 0.261. The number of hydrogen-bond donors (Lipinski definition) is 1. The molecule has 1 aliphatic heterocycles. The number of nitriles is 1. The van der Waals surface area contributed by atoms with Crippen LogP contribution in [0.3, 0.4) is 0 Å². The summed E-state index contributed by atoms with van der Waals surface area (Å²) in [6, 6.07) is 5.75. The zero-order chi connectivity index (χ0) is 13.2. The molecule has 1 heterocycles. The molecule has 1 saturated heterocycles. The van der Waals surface area contributed by atoms with Gasteiger partial charge in [0.25, 0.3) is 0 Å². The molecule has 0 saturated carbocycles. The molecular formula is C12H13FN2O2S. The minimum absolute atomic E-state index is 0.215. The first-order valence-corrected chi connectivity index (χ1v) is 7.39. The molecule has 1 unspecified atom stereocenters. The molecule has 0 radical (unpaired) electrons. The quantitative estimate of drug-likeness (QED) is 0.905. The zero-order valence-corrected chi connectivity index (χ0v) is 10.5. The fraction of sp³-hybridized carbons (Fsp3) is 0.417. The Hall–Kier alpha value is -1.61. The average molecular weight is 268 g/mol. The van der Waals surface area contributed by atoms with Crippen molar-refractivity contribution in [1.82, 2.24) is 0 Å². The van der Waals surface area contributed by atoms with Crippen LogP contribution in [0.2, 0.25) is 0 Å². The number of nitrogens with zero attached hydrogens (tertiary/aromatic N) is 1. The van der Waals surface area contributed by atoms with Crippen molar-refractivity contribution < 1.29 is 12.8 Å². The Kier molecular flexibility index (Phi) is 3.53. The largest absolute Gasteiger partial charge is 0.384 e. The van der Waals surface area contributed by atoms with Crippen molar-refractivity contribution in [2.45, 2.75) is 18.1 Å². The highest BCUT2D eigenvalue weighted by atomic mass is 32.2. The number of anilines is 1. The summed E-state index contributed by atoms with van der Waals surface area (Å²) in [6.07, 6.45) is 1.32. The van der Waals surface area contributed by atoms with Crippen LogP contribution in [0.5, 0.6) is 0 Å². The van der Waals surface area contributed by atoms with E-state index in [1.807, 2.05) is 6.07 Å². The second-order valence-electron chi connectivity index (χ2n) is 4.35. The van der Waals surface area contributed by atoms with Gasteiger partial charge in [-0.1, -0.05) is 0 Å². The Morgan fingerprint density at radius 3 is 2.83 bits per heavy atom. The van der Waals surface area contributed by atoms with Crippen LogP contribution in [0.4, 0.5) is 10.1 Å². The molecule has 0 aromatic heterocycles. The fourth-order valence-electron chi connectivity index (χ4n) is 2.08. The molecule has 0 spiro atoms. The maximum Gasteiger partial charge on any atom is 0.154 e. The molecule has 1 aliphatic rings. The van der Waals surface area contributed by atoms with Crippen molar-refractivity contribution in [2.75, 3.05) is 17.6 Å². The van der Waals surface area contributed by atoms with E-state index >= 15 is 0 Å². The van der Waals surface area contributed by atoms with Gasteiger partial charge in [0, 0.05) is 12.2 Å². The fourth-order valence-corrected chi connectivity index (χ4v) is 3.84. The first-order valence-electron chi connectivity index (χ1n) is 5.67. The van der Waals surface area contributed by atoms with Crippen molar-refractivity contribution in [3.63, 3.8) is 0 Å². The lowest BCUT2D eigenvalue weighted by Crippen LogP contribution is -2.25. The van der Waals surface area contributed by atoms with Crippen molar-refractivity contribution in [3.05, 3.63) is 29.6 Å². The van der Waals surface area contributed by atoms with Crippen LogP contribution in [0, 0.1) is 17.1 Å². The summed E-state index contributed by atoms with van der Waals surface area (Å²) in [5, 5.41) is 11.2. The predicted octanol–water partition coefficient (Wildman–Crippen LogP) is 1.69. The smallest absolute Gasteiger partial charge is 0.154 e. The van der Waals surface area contributed by atoms with Gasteiger partial charge in [0.1, 0.15) is 5.82 Å². The number of benzene rings is 1. The third-order valence-corrected chi connectivity index (χ3v) is 5.30. The molecule has 96 valence electrons. The maximum atomic E-state index is 13.2. The lowest BCUT2D eigenvalue weighted by atomic mass is 10.2. The van der Waals surface area contributed by atoms with E-state index in [2.05, 4.69) is 5.32 Å². The van der Waals surface area contributed by atoms with E-state index in [-0.39, 0.29) is 17.9 Å². The Labute approximate surface area is 105 Å². The van der Waals surface area contributed by atoms with Gasteiger partial charge in [-0.2, -0.15) is 5.26 Å². The van der Waals surface area contributed by atoms with E-state index in [0.29, 0.717) is 18.5 Å². The molecule has 0 amide bonds. The van der Waals surface area contributed by atoms with Crippen LogP contribution in [0.15, 0.2) is 18.2 Å². The van der Waals surface area contributed by atoms with Crippen LogP contribution in [0.1, 0.15) is 18.4 Å². The van der Waals surface area contributed by atoms with E-state index in [1.54, 1.807) is 0 Å². The summed E-state index contributed by atoms with van der Waals surface area (Å²) in [7, 11) is -3.00. The molecule has 1 N–H and O–H groups in total. The van der Waals surface area contributed by atoms with Gasteiger partial charge in [-0.3, -0.25) is 0 Å². The lowest BCUT2D eigenvalue weighted by molar-refractivity contribution is 0.591. The summed E-state index contributed by atoms with van der Waals surface area (Å²) in [4.78, 5) is 0. The first kappa shape index (κ1) is 12.8. The second-order valence-corrected chi connectivity index (χ2v) is 6.75. The molecule has 0 bridgehead atoms. The summed E-state index contributed by atoms with van der Waals surface area (Å²) < 4.78 is 36.4. The van der Waals surface area contributed by atoms with Crippen LogP contribution >= 0.6 is 0 Å². The van der Waals surface area contributed by atoms with Gasteiger partial charge >= 0.3 is 0 Å². The molecule has 6 heteroatoms. The molecule has 2 rings (SSSR count). The van der Waals surface area contributed by atoms with E-state index in [0.717, 1.165) is 6.07 Å². The Bertz CT molecular complexity index is 593. The number of halogens is 1. The molecule has 1 aromatic carbocycles. The van der Waals surface area contributed by atoms with Gasteiger partial charge in [0.2, 0.25) is 0 Å². The average Bonchev–Trinajstić information content (AvgIpc) is 2.65. The van der Waals surface area contributed by atoms with Crippen LogP contribution in [-0.2, 0) is 9.84 Å². The summed E-state index contributed by atoms with van der Waals surface area (Å²) in [5.74, 6) is -0.280. The van der Waals surface area contributed by atoms with Crippen LogP contribution in [-0.4, -0.2) is 26.0 Å². The predicted molar refractivity (Wildman–Crippen MR) is 66.4 cm³/mol. The molecule has 4 nitrogen and oxygen atoms in total. The molecule has 0 aliphatic carbocycles. The monoisotopic (exact) mass is 268 g/mol. The zero-order valence-electron chi connectivity index (χ0n) is 9.69. The van der Waals surface area contributed by atoms with Gasteiger partial charge in [-0.25, -0.2) is 12.8 Å². The van der Waals surface area contributed by atoms with Crippen molar-refractivity contribution in [1.29, 1.82) is 5.26 Å². The lowest BCUT2D eigenvalue weighted by Gasteiger charge is -2.12. The first-order chi connectivity index (χ1) is 8.51. The standard InChI is InChI=1S/C12H13FN2O2S/c13-10-4-9(7-14)5-11(6-10)15-8-12-2-1-3-18(12,16)17/h4-6,12,15H,1-3,8H2.